The van der Waals surface area contributed by atoms with E-state index in [9.17, 15) is 0 Å². The zero-order valence-corrected chi connectivity index (χ0v) is 13.2. The molecule has 7 heteroatoms. The van der Waals surface area contributed by atoms with Crippen LogP contribution in [-0.2, 0) is 5.66 Å². The summed E-state index contributed by atoms with van der Waals surface area (Å²) in [6, 6.07) is 7.71. The minimum absolute atomic E-state index is 0.0390. The number of nitrogens with one attached hydrogen (secondary N) is 3. The summed E-state index contributed by atoms with van der Waals surface area (Å²) in [5.41, 5.74) is 8.13. The largest absolute Gasteiger partial charge is 0.333 e. The topological polar surface area (TPSA) is 104 Å². The van der Waals surface area contributed by atoms with Crippen LogP contribution < -0.4 is 16.4 Å². The minimum atomic E-state index is -0.892. The maximum Gasteiger partial charge on any atom is 0.197 e. The number of rotatable bonds is 4. The molecule has 2 aromatic rings. The molecule has 0 radical (unpaired) electrons. The van der Waals surface area contributed by atoms with Gasteiger partial charge in [-0.2, -0.15) is 5.10 Å². The summed E-state index contributed by atoms with van der Waals surface area (Å²) in [5.74, 6) is 0.605. The molecule has 3 heterocycles. The third-order valence-electron chi connectivity index (χ3n) is 3.72. The van der Waals surface area contributed by atoms with Gasteiger partial charge in [0.1, 0.15) is 5.69 Å². The second-order valence-electron chi connectivity index (χ2n) is 5.56. The molecule has 0 spiro atoms. The van der Waals surface area contributed by atoms with Crippen LogP contribution in [0.25, 0.3) is 0 Å². The van der Waals surface area contributed by atoms with Gasteiger partial charge in [0.2, 0.25) is 0 Å². The van der Waals surface area contributed by atoms with Crippen molar-refractivity contribution < 1.29 is 0 Å². The van der Waals surface area contributed by atoms with E-state index in [0.29, 0.717) is 11.7 Å². The predicted molar refractivity (Wildman–Crippen MR) is 89.3 cm³/mol. The molecule has 0 saturated heterocycles. The van der Waals surface area contributed by atoms with Crippen molar-refractivity contribution in [3.63, 3.8) is 0 Å². The monoisotopic (exact) mass is 311 g/mol. The summed E-state index contributed by atoms with van der Waals surface area (Å²) in [7, 11) is 0. The highest BCUT2D eigenvalue weighted by Gasteiger charge is 2.31. The fourth-order valence-electron chi connectivity index (χ4n) is 2.47. The third kappa shape index (κ3) is 3.24. The van der Waals surface area contributed by atoms with E-state index in [4.69, 9.17) is 10.7 Å². The first kappa shape index (κ1) is 15.2. The molecule has 0 saturated carbocycles. The first-order chi connectivity index (χ1) is 11.1. The number of H-pyrrole nitrogens is 1. The molecule has 7 nitrogen and oxygen atoms in total. The van der Waals surface area contributed by atoms with E-state index in [0.717, 1.165) is 17.8 Å². The van der Waals surface area contributed by atoms with E-state index in [1.807, 2.05) is 37.3 Å². The number of nitrogens with two attached hydrogens (primary N) is 1. The lowest BCUT2D eigenvalue weighted by atomic mass is 10.1. The van der Waals surface area contributed by atoms with Gasteiger partial charge < -0.3 is 16.4 Å². The highest BCUT2D eigenvalue weighted by Crippen LogP contribution is 2.21. The highest BCUT2D eigenvalue weighted by atomic mass is 15.3. The Kier molecular flexibility index (Phi) is 4.12. The van der Waals surface area contributed by atoms with Crippen molar-refractivity contribution in [1.29, 1.82) is 0 Å². The molecule has 2 aromatic heterocycles. The SMILES string of the molecule is CCC(N=C1NC=CC(N)(c2cc(C)[nH]n2)N1)c1ccccn1. The Morgan fingerprint density at radius 2 is 2.26 bits per heavy atom. The fraction of sp³-hybridized carbons (Fsp3) is 0.312. The first-order valence-corrected chi connectivity index (χ1v) is 7.63. The molecule has 120 valence electrons. The van der Waals surface area contributed by atoms with Crippen LogP contribution >= 0.6 is 0 Å². The highest BCUT2D eigenvalue weighted by molar-refractivity contribution is 5.83. The van der Waals surface area contributed by atoms with Gasteiger partial charge in [0.05, 0.1) is 11.7 Å². The molecule has 3 rings (SSSR count). The second kappa shape index (κ2) is 6.21. The molecule has 1 aliphatic heterocycles. The van der Waals surface area contributed by atoms with Crippen molar-refractivity contribution in [2.24, 2.45) is 10.7 Å². The van der Waals surface area contributed by atoms with E-state index in [2.05, 4.69) is 32.7 Å². The van der Waals surface area contributed by atoms with Crippen LogP contribution in [0.2, 0.25) is 0 Å². The summed E-state index contributed by atoms with van der Waals surface area (Å²) in [6.45, 7) is 4.02. The number of pyridine rings is 1. The molecule has 0 amide bonds. The molecule has 0 aliphatic carbocycles. The lowest BCUT2D eigenvalue weighted by molar-refractivity contribution is 0.480. The quantitative estimate of drug-likeness (QED) is 0.684. The van der Waals surface area contributed by atoms with Crippen LogP contribution in [0.5, 0.6) is 0 Å². The second-order valence-corrected chi connectivity index (χ2v) is 5.56. The maximum atomic E-state index is 6.42. The van der Waals surface area contributed by atoms with Crippen molar-refractivity contribution in [1.82, 2.24) is 25.8 Å². The van der Waals surface area contributed by atoms with E-state index < -0.39 is 5.66 Å². The first-order valence-electron chi connectivity index (χ1n) is 7.63. The number of nitrogens with zero attached hydrogens (tertiary/aromatic N) is 3. The van der Waals surface area contributed by atoms with Crippen LogP contribution in [0, 0.1) is 6.92 Å². The average Bonchev–Trinajstić information content (AvgIpc) is 3.01. The molecule has 23 heavy (non-hydrogen) atoms. The Hall–Kier alpha value is -2.67. The van der Waals surface area contributed by atoms with Crippen molar-refractivity contribution in [2.45, 2.75) is 32.0 Å². The van der Waals surface area contributed by atoms with Gasteiger partial charge in [-0.3, -0.25) is 10.1 Å². The molecule has 2 unspecified atom stereocenters. The number of aryl methyl sites for hydroxylation is 1. The van der Waals surface area contributed by atoms with Crippen LogP contribution in [0.4, 0.5) is 0 Å². The Labute approximate surface area is 135 Å². The Bertz CT molecular complexity index is 719. The molecular weight excluding hydrogens is 290 g/mol. The Balaban J connectivity index is 1.85. The molecule has 2 atom stereocenters. The molecule has 1 aliphatic rings. The smallest absolute Gasteiger partial charge is 0.197 e. The molecule has 0 fully saturated rings. The van der Waals surface area contributed by atoms with E-state index in [1.165, 1.54) is 0 Å². The number of aliphatic imine (C=N–C) groups is 1. The number of hydrogen-bond donors (Lipinski definition) is 4. The van der Waals surface area contributed by atoms with Crippen molar-refractivity contribution in [3.05, 3.63) is 59.8 Å². The zero-order chi connectivity index (χ0) is 16.3. The van der Waals surface area contributed by atoms with Crippen molar-refractivity contribution >= 4 is 5.96 Å². The van der Waals surface area contributed by atoms with E-state index >= 15 is 0 Å². The van der Waals surface area contributed by atoms with Crippen molar-refractivity contribution in [3.8, 4) is 0 Å². The third-order valence-corrected chi connectivity index (χ3v) is 3.72. The van der Waals surface area contributed by atoms with Gasteiger partial charge in [-0.1, -0.05) is 13.0 Å². The Morgan fingerprint density at radius 3 is 2.91 bits per heavy atom. The van der Waals surface area contributed by atoms with Gasteiger partial charge in [0.25, 0.3) is 0 Å². The van der Waals surface area contributed by atoms with Gasteiger partial charge in [0.15, 0.2) is 11.6 Å². The van der Waals surface area contributed by atoms with Crippen LogP contribution in [0.15, 0.2) is 47.7 Å². The summed E-state index contributed by atoms with van der Waals surface area (Å²) >= 11 is 0. The van der Waals surface area contributed by atoms with Gasteiger partial charge in [-0.15, -0.1) is 0 Å². The zero-order valence-electron chi connectivity index (χ0n) is 13.2. The summed E-state index contributed by atoms with van der Waals surface area (Å²) < 4.78 is 0. The lowest BCUT2D eigenvalue weighted by Gasteiger charge is -2.31. The molecule has 5 N–H and O–H groups in total. The normalized spacial score (nSPS) is 23.3. The number of aromatic amines is 1. The minimum Gasteiger partial charge on any atom is -0.333 e. The van der Waals surface area contributed by atoms with Crippen LogP contribution in [-0.4, -0.2) is 21.1 Å². The van der Waals surface area contributed by atoms with E-state index in [1.54, 1.807) is 12.4 Å². The van der Waals surface area contributed by atoms with E-state index in [-0.39, 0.29) is 6.04 Å². The standard InChI is InChI=1S/C16H21N7/c1-3-12(13-6-4-5-8-18-13)20-15-19-9-7-16(17,21-15)14-10-11(2)22-23-14/h4-10,12H,3,17H2,1-2H3,(H,22,23)(H2,19,20,21). The molecular formula is C16H21N7. The summed E-state index contributed by atoms with van der Waals surface area (Å²) in [6.07, 6.45) is 6.22. The maximum absolute atomic E-state index is 6.42. The van der Waals surface area contributed by atoms with Gasteiger partial charge in [0, 0.05) is 18.1 Å². The van der Waals surface area contributed by atoms with Gasteiger partial charge in [-0.25, -0.2) is 4.99 Å². The van der Waals surface area contributed by atoms with Gasteiger partial charge in [-0.05, 0) is 37.6 Å². The van der Waals surface area contributed by atoms with Crippen LogP contribution in [0.3, 0.4) is 0 Å². The molecule has 0 aromatic carbocycles. The summed E-state index contributed by atoms with van der Waals surface area (Å²) in [4.78, 5) is 9.10. The van der Waals surface area contributed by atoms with Crippen LogP contribution in [0.1, 0.15) is 36.5 Å². The summed E-state index contributed by atoms with van der Waals surface area (Å²) in [5, 5.41) is 13.5. The lowest BCUT2D eigenvalue weighted by Crippen LogP contribution is -2.57. The number of aromatic nitrogens is 3. The van der Waals surface area contributed by atoms with Gasteiger partial charge >= 0.3 is 0 Å². The average molecular weight is 311 g/mol. The number of hydrogen-bond acceptors (Lipinski definition) is 4. The number of guanidine groups is 1. The predicted octanol–water partition coefficient (Wildman–Crippen LogP) is 1.44. The molecule has 0 bridgehead atoms. The Morgan fingerprint density at radius 1 is 1.39 bits per heavy atom. The van der Waals surface area contributed by atoms with Crippen molar-refractivity contribution in [2.75, 3.05) is 0 Å². The fourth-order valence-corrected chi connectivity index (χ4v) is 2.47.